The Morgan fingerprint density at radius 2 is 1.61 bits per heavy atom. The molecule has 0 saturated carbocycles. The lowest BCUT2D eigenvalue weighted by atomic mass is 10.1. The number of piperazine rings is 1. The van der Waals surface area contributed by atoms with Crippen molar-refractivity contribution < 1.29 is 22.8 Å². The molecule has 0 aromatic heterocycles. The van der Waals surface area contributed by atoms with Crippen LogP contribution in [0.15, 0.2) is 54.6 Å². The minimum absolute atomic E-state index is 0.0289. The van der Waals surface area contributed by atoms with Gasteiger partial charge in [-0.1, -0.05) is 48.5 Å². The topological polar surface area (TPSA) is 43.9 Å². The summed E-state index contributed by atoms with van der Waals surface area (Å²) in [7, 11) is 0. The van der Waals surface area contributed by atoms with Crippen molar-refractivity contribution in [3.8, 4) is 0 Å². The standard InChI is InChI=1S/C23H24F3N3O2/c24-23(25,26)19-10-5-4-9-18(19)14-27-11-6-12-29-20(15-27)22(31)28(16-21(29)30)13-17-7-2-1-3-8-17/h1-5,7-10,20H,6,11-16H2. The van der Waals surface area contributed by atoms with E-state index in [1.54, 1.807) is 15.9 Å². The first-order chi connectivity index (χ1) is 14.8. The van der Waals surface area contributed by atoms with Gasteiger partial charge in [-0.25, -0.2) is 0 Å². The maximum Gasteiger partial charge on any atom is 0.416 e. The maximum atomic E-state index is 13.4. The van der Waals surface area contributed by atoms with Gasteiger partial charge < -0.3 is 9.80 Å². The Morgan fingerprint density at radius 1 is 0.903 bits per heavy atom. The second-order valence-corrected chi connectivity index (χ2v) is 8.03. The SMILES string of the molecule is O=C1C2CN(Cc3ccccc3C(F)(F)F)CCCN2C(=O)CN1Cc1ccccc1. The molecule has 2 aliphatic heterocycles. The van der Waals surface area contributed by atoms with Gasteiger partial charge >= 0.3 is 6.18 Å². The fourth-order valence-corrected chi connectivity index (χ4v) is 4.36. The maximum absolute atomic E-state index is 13.4. The van der Waals surface area contributed by atoms with Gasteiger partial charge in [0.15, 0.2) is 0 Å². The lowest BCUT2D eigenvalue weighted by molar-refractivity contribution is -0.156. The predicted molar refractivity (Wildman–Crippen MR) is 109 cm³/mol. The number of carbonyl (C=O) groups excluding carboxylic acids is 2. The lowest BCUT2D eigenvalue weighted by Crippen LogP contribution is -2.61. The highest BCUT2D eigenvalue weighted by Gasteiger charge is 2.41. The Balaban J connectivity index is 1.52. The van der Waals surface area contributed by atoms with Gasteiger partial charge in [0.2, 0.25) is 11.8 Å². The quantitative estimate of drug-likeness (QED) is 0.747. The zero-order chi connectivity index (χ0) is 22.0. The molecule has 2 aromatic carbocycles. The smallest absolute Gasteiger partial charge is 0.328 e. The highest BCUT2D eigenvalue weighted by molar-refractivity contribution is 5.95. The normalized spacial score (nSPS) is 20.5. The summed E-state index contributed by atoms with van der Waals surface area (Å²) < 4.78 is 40.2. The van der Waals surface area contributed by atoms with Crippen LogP contribution in [-0.4, -0.2) is 58.7 Å². The van der Waals surface area contributed by atoms with Gasteiger partial charge in [-0.05, 0) is 23.6 Å². The largest absolute Gasteiger partial charge is 0.416 e. The molecule has 0 aliphatic carbocycles. The molecule has 164 valence electrons. The summed E-state index contributed by atoms with van der Waals surface area (Å²) in [5.74, 6) is -0.266. The Hall–Kier alpha value is -2.87. The van der Waals surface area contributed by atoms with Gasteiger partial charge in [0, 0.05) is 32.7 Å². The summed E-state index contributed by atoms with van der Waals surface area (Å²) in [4.78, 5) is 31.0. The van der Waals surface area contributed by atoms with Crippen LogP contribution < -0.4 is 0 Å². The number of fused-ring (bicyclic) bond motifs is 1. The number of benzene rings is 2. The molecule has 0 N–H and O–H groups in total. The van der Waals surface area contributed by atoms with Crippen molar-refractivity contribution in [3.63, 3.8) is 0 Å². The van der Waals surface area contributed by atoms with E-state index in [1.807, 2.05) is 35.2 Å². The third-order valence-electron chi connectivity index (χ3n) is 5.86. The Kier molecular flexibility index (Phi) is 6.00. The van der Waals surface area contributed by atoms with E-state index in [1.165, 1.54) is 12.1 Å². The molecule has 4 rings (SSSR count). The average molecular weight is 431 g/mol. The van der Waals surface area contributed by atoms with Gasteiger partial charge in [-0.3, -0.25) is 14.5 Å². The molecule has 1 atom stereocenters. The molecule has 2 amide bonds. The van der Waals surface area contributed by atoms with Crippen LogP contribution in [-0.2, 0) is 28.9 Å². The monoisotopic (exact) mass is 431 g/mol. The van der Waals surface area contributed by atoms with Crippen LogP contribution in [0, 0.1) is 0 Å². The number of amides is 2. The van der Waals surface area contributed by atoms with Gasteiger partial charge in [0.25, 0.3) is 0 Å². The average Bonchev–Trinajstić information content (AvgIpc) is 2.95. The van der Waals surface area contributed by atoms with Crippen molar-refractivity contribution in [1.82, 2.24) is 14.7 Å². The number of nitrogens with zero attached hydrogens (tertiary/aromatic N) is 3. The summed E-state index contributed by atoms with van der Waals surface area (Å²) >= 11 is 0. The lowest BCUT2D eigenvalue weighted by Gasteiger charge is -2.40. The zero-order valence-electron chi connectivity index (χ0n) is 17.0. The van der Waals surface area contributed by atoms with Gasteiger partial charge in [-0.15, -0.1) is 0 Å². The fourth-order valence-electron chi connectivity index (χ4n) is 4.36. The summed E-state index contributed by atoms with van der Waals surface area (Å²) in [5.41, 5.74) is 0.453. The first-order valence-electron chi connectivity index (χ1n) is 10.3. The highest BCUT2D eigenvalue weighted by atomic mass is 19.4. The van der Waals surface area contributed by atoms with Crippen molar-refractivity contribution in [2.75, 3.05) is 26.2 Å². The number of hydrogen-bond donors (Lipinski definition) is 0. The molecule has 0 bridgehead atoms. The van der Waals surface area contributed by atoms with Crippen molar-refractivity contribution in [2.45, 2.75) is 31.7 Å². The number of halogens is 3. The summed E-state index contributed by atoms with van der Waals surface area (Å²) in [6.07, 6.45) is -3.82. The van der Waals surface area contributed by atoms with Crippen molar-refractivity contribution in [1.29, 1.82) is 0 Å². The van der Waals surface area contributed by atoms with E-state index < -0.39 is 17.8 Å². The van der Waals surface area contributed by atoms with Crippen LogP contribution in [0.3, 0.4) is 0 Å². The number of alkyl halides is 3. The summed E-state index contributed by atoms with van der Waals surface area (Å²) in [5, 5.41) is 0. The van der Waals surface area contributed by atoms with Gasteiger partial charge in [0.1, 0.15) is 12.6 Å². The van der Waals surface area contributed by atoms with Crippen molar-refractivity contribution in [2.24, 2.45) is 0 Å². The van der Waals surface area contributed by atoms with E-state index in [0.717, 1.165) is 11.6 Å². The van der Waals surface area contributed by atoms with Crippen LogP contribution in [0.5, 0.6) is 0 Å². The molecule has 1 unspecified atom stereocenters. The van der Waals surface area contributed by atoms with E-state index in [-0.39, 0.29) is 37.0 Å². The highest BCUT2D eigenvalue weighted by Crippen LogP contribution is 2.32. The van der Waals surface area contributed by atoms with Crippen molar-refractivity contribution >= 4 is 11.8 Å². The first kappa shape index (κ1) is 21.4. The molecule has 2 saturated heterocycles. The molecule has 0 spiro atoms. The number of rotatable bonds is 4. The van der Waals surface area contributed by atoms with Crippen LogP contribution in [0.4, 0.5) is 13.2 Å². The van der Waals surface area contributed by atoms with Crippen LogP contribution in [0.25, 0.3) is 0 Å². The molecule has 2 heterocycles. The van der Waals surface area contributed by atoms with E-state index in [2.05, 4.69) is 0 Å². The van der Waals surface area contributed by atoms with Gasteiger partial charge in [-0.2, -0.15) is 13.2 Å². The van der Waals surface area contributed by atoms with E-state index in [9.17, 15) is 22.8 Å². The fraction of sp³-hybridized carbons (Fsp3) is 0.391. The van der Waals surface area contributed by atoms with Crippen LogP contribution in [0.1, 0.15) is 23.1 Å². The Morgan fingerprint density at radius 3 is 2.35 bits per heavy atom. The molecule has 5 nitrogen and oxygen atoms in total. The minimum Gasteiger partial charge on any atom is -0.328 e. The third-order valence-corrected chi connectivity index (χ3v) is 5.86. The second-order valence-electron chi connectivity index (χ2n) is 8.03. The van der Waals surface area contributed by atoms with Crippen LogP contribution >= 0.6 is 0 Å². The molecule has 8 heteroatoms. The van der Waals surface area contributed by atoms with E-state index in [4.69, 9.17) is 0 Å². The summed E-state index contributed by atoms with van der Waals surface area (Å²) in [6.45, 7) is 1.64. The van der Waals surface area contributed by atoms with Crippen LogP contribution in [0.2, 0.25) is 0 Å². The molecule has 31 heavy (non-hydrogen) atoms. The van der Waals surface area contributed by atoms with E-state index in [0.29, 0.717) is 26.1 Å². The predicted octanol–water partition coefficient (Wildman–Crippen LogP) is 3.15. The zero-order valence-corrected chi connectivity index (χ0v) is 17.0. The van der Waals surface area contributed by atoms with Crippen molar-refractivity contribution in [3.05, 3.63) is 71.3 Å². The van der Waals surface area contributed by atoms with E-state index >= 15 is 0 Å². The Labute approximate surface area is 179 Å². The molecule has 0 radical (unpaired) electrons. The molecule has 2 aliphatic rings. The second kappa shape index (κ2) is 8.70. The molecular formula is C23H24F3N3O2. The first-order valence-corrected chi connectivity index (χ1v) is 10.3. The molecular weight excluding hydrogens is 407 g/mol. The number of hydrogen-bond acceptors (Lipinski definition) is 3. The molecule has 2 aromatic rings. The van der Waals surface area contributed by atoms with Gasteiger partial charge in [0.05, 0.1) is 5.56 Å². The third kappa shape index (κ3) is 4.74. The summed E-state index contributed by atoms with van der Waals surface area (Å²) in [6, 6.07) is 14.3. The molecule has 2 fully saturated rings. The Bertz CT molecular complexity index is 949. The number of carbonyl (C=O) groups is 2. The minimum atomic E-state index is -4.43.